The van der Waals surface area contributed by atoms with Crippen molar-refractivity contribution in [3.63, 3.8) is 0 Å². The summed E-state index contributed by atoms with van der Waals surface area (Å²) in [5.74, 6) is -0.0433. The first-order chi connectivity index (χ1) is 15.7. The number of rotatable bonds is 6. The van der Waals surface area contributed by atoms with Gasteiger partial charge in [-0.3, -0.25) is 4.79 Å². The van der Waals surface area contributed by atoms with Gasteiger partial charge in [0.1, 0.15) is 16.6 Å². The number of alkyl halides is 3. The molecule has 1 N–H and O–H groups in total. The fourth-order valence-electron chi connectivity index (χ4n) is 3.33. The smallest absolute Gasteiger partial charge is 0.352 e. The van der Waals surface area contributed by atoms with Gasteiger partial charge in [-0.25, -0.2) is 14.4 Å². The van der Waals surface area contributed by atoms with Crippen molar-refractivity contribution >= 4 is 17.2 Å². The fraction of sp³-hybridized carbons (Fsp3) is 0.174. The van der Waals surface area contributed by atoms with Crippen molar-refractivity contribution in [1.29, 1.82) is 0 Å². The molecule has 0 bridgehead atoms. The Hall–Kier alpha value is -3.53. The van der Waals surface area contributed by atoms with E-state index in [1.54, 1.807) is 34.5 Å². The molecule has 0 radical (unpaired) electrons. The second-order valence-electron chi connectivity index (χ2n) is 7.29. The minimum Gasteiger partial charge on any atom is -0.352 e. The van der Waals surface area contributed by atoms with Crippen LogP contribution in [0.15, 0.2) is 60.2 Å². The zero-order valence-corrected chi connectivity index (χ0v) is 18.2. The summed E-state index contributed by atoms with van der Waals surface area (Å²) >= 11 is 1.16. The van der Waals surface area contributed by atoms with E-state index in [1.165, 1.54) is 18.2 Å². The average molecular weight is 474 g/mol. The summed E-state index contributed by atoms with van der Waals surface area (Å²) in [6, 6.07) is 9.21. The molecule has 5 nitrogen and oxygen atoms in total. The molecule has 0 atom stereocenters. The maximum Gasteiger partial charge on any atom is 0.416 e. The average Bonchev–Trinajstić information content (AvgIpc) is 3.41. The van der Waals surface area contributed by atoms with Crippen LogP contribution in [0.5, 0.6) is 0 Å². The summed E-state index contributed by atoms with van der Waals surface area (Å²) in [6.07, 6.45) is -1.12. The number of aromatic nitrogens is 3. The van der Waals surface area contributed by atoms with E-state index >= 15 is 0 Å². The lowest BCUT2D eigenvalue weighted by atomic mass is 10.1. The molecule has 0 aliphatic heterocycles. The predicted molar refractivity (Wildman–Crippen MR) is 116 cm³/mol. The summed E-state index contributed by atoms with van der Waals surface area (Å²) in [4.78, 5) is 20.9. The lowest BCUT2D eigenvalue weighted by Crippen LogP contribution is -2.25. The number of carbonyl (C=O) groups excluding carboxylic acids is 1. The molecule has 2 aromatic heterocycles. The van der Waals surface area contributed by atoms with E-state index in [9.17, 15) is 22.4 Å². The molecule has 4 rings (SSSR count). The molecule has 0 aliphatic carbocycles. The van der Waals surface area contributed by atoms with Crippen LogP contribution >= 0.6 is 11.3 Å². The number of nitrogens with zero attached hydrogens (tertiary/aromatic N) is 3. The Bertz CT molecular complexity index is 1300. The lowest BCUT2D eigenvalue weighted by molar-refractivity contribution is -0.137. The van der Waals surface area contributed by atoms with Gasteiger partial charge in [0.25, 0.3) is 0 Å². The second kappa shape index (κ2) is 9.14. The maximum atomic E-state index is 13.8. The van der Waals surface area contributed by atoms with E-state index in [0.29, 0.717) is 27.5 Å². The summed E-state index contributed by atoms with van der Waals surface area (Å²) in [7, 11) is 0. The second-order valence-corrected chi connectivity index (χ2v) is 8.15. The highest BCUT2D eigenvalue weighted by molar-refractivity contribution is 7.13. The molecule has 0 fully saturated rings. The van der Waals surface area contributed by atoms with Crippen molar-refractivity contribution < 1.29 is 22.4 Å². The van der Waals surface area contributed by atoms with Crippen LogP contribution in [0.3, 0.4) is 0 Å². The SMILES string of the molecule is Cc1nccn1-c1ccc(F)cc1CNC(=O)Cc1csc(-c2cccc(C(F)(F)F)c2)n1. The minimum absolute atomic E-state index is 0.0514. The van der Waals surface area contributed by atoms with Gasteiger partial charge in [0.15, 0.2) is 0 Å². The summed E-state index contributed by atoms with van der Waals surface area (Å²) in [5, 5.41) is 4.78. The van der Waals surface area contributed by atoms with Crippen LogP contribution in [0.2, 0.25) is 0 Å². The molecule has 4 aromatic rings. The van der Waals surface area contributed by atoms with Gasteiger partial charge in [0.05, 0.1) is 23.4 Å². The molecule has 10 heteroatoms. The highest BCUT2D eigenvalue weighted by Crippen LogP contribution is 2.33. The molecule has 1 amide bonds. The number of hydrogen-bond donors (Lipinski definition) is 1. The molecular formula is C23H18F4N4OS. The third-order valence-electron chi connectivity index (χ3n) is 4.93. The molecule has 2 heterocycles. The number of carbonyl (C=O) groups is 1. The highest BCUT2D eigenvalue weighted by Gasteiger charge is 2.30. The minimum atomic E-state index is -4.44. The maximum absolute atomic E-state index is 13.8. The van der Waals surface area contributed by atoms with Gasteiger partial charge in [0, 0.05) is 29.9 Å². The van der Waals surface area contributed by atoms with Crippen LogP contribution in [-0.4, -0.2) is 20.4 Å². The van der Waals surface area contributed by atoms with Gasteiger partial charge in [0.2, 0.25) is 5.91 Å². The first-order valence-corrected chi connectivity index (χ1v) is 10.8. The lowest BCUT2D eigenvalue weighted by Gasteiger charge is -2.13. The van der Waals surface area contributed by atoms with Gasteiger partial charge < -0.3 is 9.88 Å². The monoisotopic (exact) mass is 474 g/mol. The highest BCUT2D eigenvalue weighted by atomic mass is 32.1. The molecule has 170 valence electrons. The summed E-state index contributed by atoms with van der Waals surface area (Å²) < 4.78 is 54.5. The van der Waals surface area contributed by atoms with Gasteiger partial charge in [-0.15, -0.1) is 11.3 Å². The zero-order valence-electron chi connectivity index (χ0n) is 17.4. The number of nitrogens with one attached hydrogen (secondary N) is 1. The van der Waals surface area contributed by atoms with Crippen molar-refractivity contribution in [2.24, 2.45) is 0 Å². The van der Waals surface area contributed by atoms with E-state index in [1.807, 2.05) is 6.92 Å². The van der Waals surface area contributed by atoms with Gasteiger partial charge in [-0.05, 0) is 42.8 Å². The molecule has 0 aliphatic rings. The first-order valence-electron chi connectivity index (χ1n) is 9.88. The zero-order chi connectivity index (χ0) is 23.6. The molecule has 0 spiro atoms. The van der Waals surface area contributed by atoms with Crippen LogP contribution in [0.1, 0.15) is 22.6 Å². The summed E-state index contributed by atoms with van der Waals surface area (Å²) in [6.45, 7) is 1.91. The largest absolute Gasteiger partial charge is 0.416 e. The molecule has 0 saturated carbocycles. The third-order valence-corrected chi connectivity index (χ3v) is 5.87. The van der Waals surface area contributed by atoms with E-state index in [4.69, 9.17) is 0 Å². The molecule has 0 unspecified atom stereocenters. The van der Waals surface area contributed by atoms with Crippen molar-refractivity contribution in [1.82, 2.24) is 19.9 Å². The van der Waals surface area contributed by atoms with Crippen molar-refractivity contribution in [2.45, 2.75) is 26.1 Å². The molecule has 33 heavy (non-hydrogen) atoms. The van der Waals surface area contributed by atoms with Gasteiger partial charge in [-0.1, -0.05) is 12.1 Å². The summed E-state index contributed by atoms with van der Waals surface area (Å²) in [5.41, 5.74) is 1.30. The van der Waals surface area contributed by atoms with Crippen molar-refractivity contribution in [3.8, 4) is 16.3 Å². The normalized spacial score (nSPS) is 11.5. The van der Waals surface area contributed by atoms with E-state index < -0.39 is 17.6 Å². The quantitative estimate of drug-likeness (QED) is 0.385. The number of benzene rings is 2. The Morgan fingerprint density at radius 3 is 2.73 bits per heavy atom. The van der Waals surface area contributed by atoms with Crippen molar-refractivity contribution in [2.75, 3.05) is 0 Å². The van der Waals surface area contributed by atoms with Crippen LogP contribution in [0.4, 0.5) is 17.6 Å². The van der Waals surface area contributed by atoms with E-state index in [2.05, 4.69) is 15.3 Å². The number of amides is 1. The van der Waals surface area contributed by atoms with Crippen LogP contribution in [-0.2, 0) is 23.9 Å². The Labute approximate surface area is 190 Å². The number of halogens is 4. The predicted octanol–water partition coefficient (Wildman–Crippen LogP) is 5.32. The van der Waals surface area contributed by atoms with Gasteiger partial charge >= 0.3 is 6.18 Å². The van der Waals surface area contributed by atoms with E-state index in [0.717, 1.165) is 29.3 Å². The number of thiazole rings is 1. The molecule has 2 aromatic carbocycles. The Morgan fingerprint density at radius 2 is 2.00 bits per heavy atom. The molecule has 0 saturated heterocycles. The first kappa shape index (κ1) is 22.7. The topological polar surface area (TPSA) is 59.8 Å². The number of imidazole rings is 1. The number of aryl methyl sites for hydroxylation is 1. The Morgan fingerprint density at radius 1 is 1.18 bits per heavy atom. The van der Waals surface area contributed by atoms with Crippen LogP contribution < -0.4 is 5.32 Å². The van der Waals surface area contributed by atoms with Crippen molar-refractivity contribution in [3.05, 3.63) is 88.7 Å². The third kappa shape index (κ3) is 5.28. The van der Waals surface area contributed by atoms with Crippen LogP contribution in [0, 0.1) is 12.7 Å². The fourth-order valence-corrected chi connectivity index (χ4v) is 4.15. The van der Waals surface area contributed by atoms with Crippen LogP contribution in [0.25, 0.3) is 16.3 Å². The Kier molecular flexibility index (Phi) is 6.28. The van der Waals surface area contributed by atoms with Gasteiger partial charge in [-0.2, -0.15) is 13.2 Å². The standard InChI is InChI=1S/C23H18F4N4OS/c1-14-28-7-8-31(14)20-6-5-18(24)10-16(20)12-29-21(32)11-19-13-33-22(30-19)15-3-2-4-17(9-15)23(25,26)27/h2-10,13H,11-12H2,1H3,(H,29,32). The number of hydrogen-bond acceptors (Lipinski definition) is 4. The molecular weight excluding hydrogens is 456 g/mol. The van der Waals surface area contributed by atoms with E-state index in [-0.39, 0.29) is 18.9 Å². The Balaban J connectivity index is 1.44.